The van der Waals surface area contributed by atoms with Crippen molar-refractivity contribution >= 4 is 6.09 Å². The molecule has 0 aliphatic carbocycles. The highest BCUT2D eigenvalue weighted by Crippen LogP contribution is 2.26. The van der Waals surface area contributed by atoms with Gasteiger partial charge in [-0.25, -0.2) is 9.78 Å². The van der Waals surface area contributed by atoms with E-state index >= 15 is 0 Å². The van der Waals surface area contributed by atoms with Gasteiger partial charge in [-0.2, -0.15) is 0 Å². The highest BCUT2D eigenvalue weighted by Gasteiger charge is 2.37. The molecule has 27 heavy (non-hydrogen) atoms. The zero-order chi connectivity index (χ0) is 19.2. The molecule has 7 heteroatoms. The third-order valence-corrected chi connectivity index (χ3v) is 5.64. The second-order valence-corrected chi connectivity index (χ2v) is 7.74. The monoisotopic (exact) mass is 376 g/mol. The molecule has 7 nitrogen and oxygen atoms in total. The van der Waals surface area contributed by atoms with Gasteiger partial charge in [0.2, 0.25) is 5.88 Å². The summed E-state index contributed by atoms with van der Waals surface area (Å²) in [7, 11) is 1.64. The first-order chi connectivity index (χ1) is 13.1. The smallest absolute Gasteiger partial charge is 0.391 e. The van der Waals surface area contributed by atoms with E-state index in [1.807, 2.05) is 11.0 Å². The number of piperazine rings is 1. The second kappa shape index (κ2) is 9.48. The Labute approximate surface area is 162 Å². The van der Waals surface area contributed by atoms with Crippen LogP contribution in [0.4, 0.5) is 4.79 Å². The van der Waals surface area contributed by atoms with Crippen LogP contribution < -0.4 is 10.1 Å². The number of pyridine rings is 1. The molecule has 1 aromatic heterocycles. The number of aromatic nitrogens is 1. The van der Waals surface area contributed by atoms with Gasteiger partial charge in [0, 0.05) is 45.0 Å². The number of carbonyl (C=O) groups excluding carboxylic acids is 1. The standard InChI is InChI=1S/C20H32N4O3/c1-15(2)23-10-11-24(18(13-23)17-5-7-21-8-6-17)20(25)27-19-12-16(14-26-3)4-9-22-19/h4,9,12,15,17-18,21H,5-8,10-11,13-14H2,1-3H3. The van der Waals surface area contributed by atoms with E-state index in [0.717, 1.165) is 44.6 Å². The molecule has 1 aromatic rings. The molecule has 150 valence electrons. The molecule has 2 aliphatic heterocycles. The summed E-state index contributed by atoms with van der Waals surface area (Å²) in [5, 5.41) is 3.42. The highest BCUT2D eigenvalue weighted by atomic mass is 16.6. The molecule has 0 spiro atoms. The minimum Gasteiger partial charge on any atom is -0.391 e. The van der Waals surface area contributed by atoms with Crippen LogP contribution in [0.3, 0.4) is 0 Å². The van der Waals surface area contributed by atoms with Crippen LogP contribution in [0, 0.1) is 5.92 Å². The average molecular weight is 377 g/mol. The van der Waals surface area contributed by atoms with Crippen LogP contribution in [0.25, 0.3) is 0 Å². The summed E-state index contributed by atoms with van der Waals surface area (Å²) in [4.78, 5) is 21.6. The fourth-order valence-electron chi connectivity index (χ4n) is 4.07. The lowest BCUT2D eigenvalue weighted by atomic mass is 9.87. The molecule has 2 saturated heterocycles. The number of piperidine rings is 1. The van der Waals surface area contributed by atoms with E-state index in [-0.39, 0.29) is 12.1 Å². The first-order valence-corrected chi connectivity index (χ1v) is 9.95. The van der Waals surface area contributed by atoms with Crippen molar-refractivity contribution in [2.24, 2.45) is 5.92 Å². The van der Waals surface area contributed by atoms with Crippen molar-refractivity contribution in [3.8, 4) is 5.88 Å². The lowest BCUT2D eigenvalue weighted by Gasteiger charge is -2.46. The molecule has 3 heterocycles. The molecule has 0 saturated carbocycles. The molecule has 1 unspecified atom stereocenters. The summed E-state index contributed by atoms with van der Waals surface area (Å²) in [6.07, 6.45) is 3.56. The van der Waals surface area contributed by atoms with Crippen molar-refractivity contribution in [1.29, 1.82) is 0 Å². The maximum absolute atomic E-state index is 13.0. The number of ether oxygens (including phenoxy) is 2. The molecule has 3 rings (SSSR count). The van der Waals surface area contributed by atoms with Crippen LogP contribution in [0.2, 0.25) is 0 Å². The maximum atomic E-state index is 13.0. The number of amides is 1. The van der Waals surface area contributed by atoms with Crippen LogP contribution in [0.15, 0.2) is 18.3 Å². The first-order valence-electron chi connectivity index (χ1n) is 9.95. The zero-order valence-corrected chi connectivity index (χ0v) is 16.7. The van der Waals surface area contributed by atoms with Crippen LogP contribution >= 0.6 is 0 Å². The molecule has 0 radical (unpaired) electrons. The van der Waals surface area contributed by atoms with E-state index in [2.05, 4.69) is 29.0 Å². The number of hydrogen-bond donors (Lipinski definition) is 1. The maximum Gasteiger partial charge on any atom is 0.416 e. The summed E-state index contributed by atoms with van der Waals surface area (Å²) in [6.45, 7) is 9.44. The van der Waals surface area contributed by atoms with Crippen molar-refractivity contribution in [2.45, 2.75) is 45.4 Å². The number of carbonyl (C=O) groups is 1. The Kier molecular flexibility index (Phi) is 7.04. The SMILES string of the molecule is COCc1ccnc(OC(=O)N2CCN(C(C)C)CC2C2CCNCC2)c1. The number of methoxy groups -OCH3 is 1. The van der Waals surface area contributed by atoms with Crippen molar-refractivity contribution < 1.29 is 14.3 Å². The quantitative estimate of drug-likeness (QED) is 0.849. The van der Waals surface area contributed by atoms with Crippen molar-refractivity contribution in [3.05, 3.63) is 23.9 Å². The second-order valence-electron chi connectivity index (χ2n) is 7.74. The van der Waals surface area contributed by atoms with Gasteiger partial charge in [-0.3, -0.25) is 4.90 Å². The normalized spacial score (nSPS) is 22.2. The molecule has 2 aliphatic rings. The Morgan fingerprint density at radius 1 is 1.33 bits per heavy atom. The van der Waals surface area contributed by atoms with Crippen molar-refractivity contribution in [3.63, 3.8) is 0 Å². The zero-order valence-electron chi connectivity index (χ0n) is 16.7. The average Bonchev–Trinajstić information content (AvgIpc) is 2.68. The molecule has 1 amide bonds. The van der Waals surface area contributed by atoms with Gasteiger partial charge in [0.05, 0.1) is 12.6 Å². The number of rotatable bonds is 5. The molecule has 1 N–H and O–H groups in total. The topological polar surface area (TPSA) is 66.9 Å². The fourth-order valence-corrected chi connectivity index (χ4v) is 4.07. The third-order valence-electron chi connectivity index (χ3n) is 5.64. The lowest BCUT2D eigenvalue weighted by Crippen LogP contribution is -2.60. The van der Waals surface area contributed by atoms with Gasteiger partial charge in [-0.05, 0) is 57.3 Å². The highest BCUT2D eigenvalue weighted by molar-refractivity contribution is 5.71. The molecule has 2 fully saturated rings. The summed E-state index contributed by atoms with van der Waals surface area (Å²) in [6, 6.07) is 4.31. The van der Waals surface area contributed by atoms with Gasteiger partial charge in [0.25, 0.3) is 0 Å². The van der Waals surface area contributed by atoms with Gasteiger partial charge in [0.15, 0.2) is 0 Å². The summed E-state index contributed by atoms with van der Waals surface area (Å²) in [5.74, 6) is 0.845. The van der Waals surface area contributed by atoms with E-state index in [9.17, 15) is 4.79 Å². The van der Waals surface area contributed by atoms with Crippen LogP contribution in [0.5, 0.6) is 5.88 Å². The molecular weight excluding hydrogens is 344 g/mol. The van der Waals surface area contributed by atoms with Gasteiger partial charge in [0.1, 0.15) is 0 Å². The minimum atomic E-state index is -0.288. The largest absolute Gasteiger partial charge is 0.416 e. The summed E-state index contributed by atoms with van der Waals surface area (Å²) < 4.78 is 10.8. The van der Waals surface area contributed by atoms with Gasteiger partial charge in [-0.15, -0.1) is 0 Å². The minimum absolute atomic E-state index is 0.193. The lowest BCUT2D eigenvalue weighted by molar-refractivity contribution is 0.0268. The van der Waals surface area contributed by atoms with E-state index < -0.39 is 0 Å². The van der Waals surface area contributed by atoms with Crippen molar-refractivity contribution in [2.75, 3.05) is 39.8 Å². The summed E-state index contributed by atoms with van der Waals surface area (Å²) in [5.41, 5.74) is 0.940. The van der Waals surface area contributed by atoms with E-state index in [4.69, 9.17) is 9.47 Å². The van der Waals surface area contributed by atoms with Crippen LogP contribution in [-0.2, 0) is 11.3 Å². The van der Waals surface area contributed by atoms with Gasteiger partial charge >= 0.3 is 6.09 Å². The Morgan fingerprint density at radius 2 is 2.11 bits per heavy atom. The van der Waals surface area contributed by atoms with Crippen LogP contribution in [0.1, 0.15) is 32.3 Å². The predicted molar refractivity (Wildman–Crippen MR) is 104 cm³/mol. The Hall–Kier alpha value is -1.70. The Balaban J connectivity index is 1.71. The predicted octanol–water partition coefficient (Wildman–Crippen LogP) is 2.12. The van der Waals surface area contributed by atoms with Gasteiger partial charge < -0.3 is 19.7 Å². The van der Waals surface area contributed by atoms with Gasteiger partial charge in [-0.1, -0.05) is 0 Å². The van der Waals surface area contributed by atoms with E-state index in [1.165, 1.54) is 0 Å². The van der Waals surface area contributed by atoms with Crippen LogP contribution in [-0.4, -0.2) is 72.8 Å². The van der Waals surface area contributed by atoms with E-state index in [1.54, 1.807) is 19.4 Å². The molecular formula is C20H32N4O3. The number of nitrogens with one attached hydrogen (secondary N) is 1. The Bertz CT molecular complexity index is 619. The summed E-state index contributed by atoms with van der Waals surface area (Å²) >= 11 is 0. The van der Waals surface area contributed by atoms with Crippen molar-refractivity contribution in [1.82, 2.24) is 20.1 Å². The molecule has 0 aromatic carbocycles. The molecule has 1 atom stereocenters. The number of nitrogens with zero attached hydrogens (tertiary/aromatic N) is 3. The third kappa shape index (κ3) is 5.18. The Morgan fingerprint density at radius 3 is 2.81 bits per heavy atom. The fraction of sp³-hybridized carbons (Fsp3) is 0.700. The first kappa shape index (κ1) is 20.0. The molecule has 0 bridgehead atoms. The van der Waals surface area contributed by atoms with E-state index in [0.29, 0.717) is 31.0 Å². The number of hydrogen-bond acceptors (Lipinski definition) is 6.